The molecule has 0 bridgehead atoms. The highest BCUT2D eigenvalue weighted by Gasteiger charge is 2.42. The van der Waals surface area contributed by atoms with Crippen molar-refractivity contribution in [3.63, 3.8) is 0 Å². The molecule has 1 aliphatic heterocycles. The van der Waals surface area contributed by atoms with Gasteiger partial charge >= 0.3 is 5.97 Å². The average molecular weight is 281 g/mol. The van der Waals surface area contributed by atoms with Gasteiger partial charge in [-0.15, -0.1) is 0 Å². The number of carbonyl (C=O) groups is 1. The third-order valence-electron chi connectivity index (χ3n) is 5.35. The van der Waals surface area contributed by atoms with Crippen molar-refractivity contribution in [2.75, 3.05) is 19.6 Å². The van der Waals surface area contributed by atoms with Crippen LogP contribution in [0, 0.1) is 11.3 Å². The summed E-state index contributed by atoms with van der Waals surface area (Å²) in [5.74, 6) is -0.0322. The van der Waals surface area contributed by atoms with Crippen LogP contribution in [0.1, 0.15) is 71.1 Å². The molecule has 2 rings (SSSR count). The molecular formula is C17H31NO2. The number of rotatable bonds is 8. The molecule has 2 aliphatic rings. The molecule has 1 aliphatic carbocycles. The molecule has 0 radical (unpaired) electrons. The van der Waals surface area contributed by atoms with Gasteiger partial charge in [0.25, 0.3) is 0 Å². The first-order valence-electron chi connectivity index (χ1n) is 8.58. The molecule has 0 amide bonds. The van der Waals surface area contributed by atoms with E-state index in [0.29, 0.717) is 17.8 Å². The van der Waals surface area contributed by atoms with E-state index >= 15 is 0 Å². The van der Waals surface area contributed by atoms with Gasteiger partial charge < -0.3 is 10.0 Å². The highest BCUT2D eigenvalue weighted by atomic mass is 16.4. The highest BCUT2D eigenvalue weighted by Crippen LogP contribution is 2.43. The summed E-state index contributed by atoms with van der Waals surface area (Å²) in [6.45, 7) is 6.01. The fourth-order valence-corrected chi connectivity index (χ4v) is 4.21. The maximum Gasteiger partial charge on any atom is 0.303 e. The molecule has 116 valence electrons. The zero-order valence-corrected chi connectivity index (χ0v) is 13.1. The van der Waals surface area contributed by atoms with Crippen molar-refractivity contribution in [2.24, 2.45) is 11.3 Å². The summed E-state index contributed by atoms with van der Waals surface area (Å²) >= 11 is 0. The number of carboxylic acid groups (broad SMARTS) is 1. The maximum absolute atomic E-state index is 10.7. The van der Waals surface area contributed by atoms with Gasteiger partial charge in [-0.2, -0.15) is 0 Å². The molecule has 1 atom stereocenters. The van der Waals surface area contributed by atoms with E-state index in [0.717, 1.165) is 6.42 Å². The lowest BCUT2D eigenvalue weighted by Gasteiger charge is -2.53. The largest absolute Gasteiger partial charge is 0.481 e. The Labute approximate surface area is 123 Å². The van der Waals surface area contributed by atoms with Crippen molar-refractivity contribution in [1.29, 1.82) is 0 Å². The van der Waals surface area contributed by atoms with Crippen molar-refractivity contribution in [1.82, 2.24) is 4.90 Å². The van der Waals surface area contributed by atoms with Gasteiger partial charge in [-0.25, -0.2) is 0 Å². The Kier molecular flexibility index (Phi) is 5.88. The molecule has 1 heterocycles. The summed E-state index contributed by atoms with van der Waals surface area (Å²) in [5, 5.41) is 8.82. The molecule has 2 fully saturated rings. The van der Waals surface area contributed by atoms with Crippen molar-refractivity contribution in [2.45, 2.75) is 71.1 Å². The number of hydrogen-bond donors (Lipinski definition) is 1. The minimum Gasteiger partial charge on any atom is -0.481 e. The first kappa shape index (κ1) is 15.8. The Morgan fingerprint density at radius 3 is 2.45 bits per heavy atom. The van der Waals surface area contributed by atoms with Crippen molar-refractivity contribution in [3.8, 4) is 0 Å². The molecule has 20 heavy (non-hydrogen) atoms. The lowest BCUT2D eigenvalue weighted by Crippen LogP contribution is -2.57. The molecule has 3 nitrogen and oxygen atoms in total. The Morgan fingerprint density at radius 1 is 1.15 bits per heavy atom. The fraction of sp³-hybridized carbons (Fsp3) is 0.941. The summed E-state index contributed by atoms with van der Waals surface area (Å²) in [5.41, 5.74) is 0.680. The van der Waals surface area contributed by atoms with Gasteiger partial charge in [-0.05, 0) is 43.6 Å². The Morgan fingerprint density at radius 2 is 1.85 bits per heavy atom. The van der Waals surface area contributed by atoms with Gasteiger partial charge in [0.1, 0.15) is 0 Å². The van der Waals surface area contributed by atoms with E-state index in [1.54, 1.807) is 0 Å². The summed E-state index contributed by atoms with van der Waals surface area (Å²) in [7, 11) is 0. The second-order valence-electron chi connectivity index (χ2n) is 7.15. The van der Waals surface area contributed by atoms with Crippen LogP contribution in [-0.4, -0.2) is 35.6 Å². The summed E-state index contributed by atoms with van der Waals surface area (Å²) in [6.07, 6.45) is 12.0. The molecule has 1 unspecified atom stereocenters. The summed E-state index contributed by atoms with van der Waals surface area (Å²) in [6, 6.07) is 0. The maximum atomic E-state index is 10.7. The standard InChI is InChI=1S/C17H31NO2/c1-2-6-15(7-8-16(19)20)9-12-18-13-17(14-18)10-4-3-5-11-17/h15H,2-14H2,1H3,(H,19,20). The van der Waals surface area contributed by atoms with E-state index in [1.807, 2.05) is 0 Å². The minimum atomic E-state index is -0.642. The molecule has 1 spiro atoms. The molecular weight excluding hydrogens is 250 g/mol. The second kappa shape index (κ2) is 7.44. The number of aliphatic carboxylic acids is 1. The van der Waals surface area contributed by atoms with Crippen molar-refractivity contribution >= 4 is 5.97 Å². The van der Waals surface area contributed by atoms with Crippen molar-refractivity contribution in [3.05, 3.63) is 0 Å². The highest BCUT2D eigenvalue weighted by molar-refractivity contribution is 5.66. The average Bonchev–Trinajstić information content (AvgIpc) is 2.40. The van der Waals surface area contributed by atoms with E-state index in [4.69, 9.17) is 5.11 Å². The van der Waals surface area contributed by atoms with Gasteiger partial charge in [-0.3, -0.25) is 4.79 Å². The zero-order chi connectivity index (χ0) is 14.4. The van der Waals surface area contributed by atoms with E-state index in [-0.39, 0.29) is 0 Å². The summed E-state index contributed by atoms with van der Waals surface area (Å²) < 4.78 is 0. The Balaban J connectivity index is 1.64. The van der Waals surface area contributed by atoms with Crippen LogP contribution in [0.15, 0.2) is 0 Å². The van der Waals surface area contributed by atoms with Crippen LogP contribution in [0.2, 0.25) is 0 Å². The summed E-state index contributed by atoms with van der Waals surface area (Å²) in [4.78, 5) is 13.3. The molecule has 0 aromatic heterocycles. The van der Waals surface area contributed by atoms with Crippen LogP contribution in [-0.2, 0) is 4.79 Å². The fourth-order valence-electron chi connectivity index (χ4n) is 4.21. The van der Waals surface area contributed by atoms with Gasteiger partial charge in [-0.1, -0.05) is 39.0 Å². The zero-order valence-electron chi connectivity index (χ0n) is 13.1. The van der Waals surface area contributed by atoms with E-state index < -0.39 is 5.97 Å². The molecule has 1 N–H and O–H groups in total. The van der Waals surface area contributed by atoms with Crippen molar-refractivity contribution < 1.29 is 9.90 Å². The van der Waals surface area contributed by atoms with Gasteiger partial charge in [0, 0.05) is 19.5 Å². The Hall–Kier alpha value is -0.570. The van der Waals surface area contributed by atoms with Gasteiger partial charge in [0.05, 0.1) is 0 Å². The first-order chi connectivity index (χ1) is 9.63. The SMILES string of the molecule is CCCC(CCC(=O)O)CCN1CC2(CCCCC2)C1. The van der Waals surface area contributed by atoms with E-state index in [9.17, 15) is 4.79 Å². The predicted molar refractivity (Wildman–Crippen MR) is 81.8 cm³/mol. The number of likely N-dealkylation sites (tertiary alicyclic amines) is 1. The smallest absolute Gasteiger partial charge is 0.303 e. The van der Waals surface area contributed by atoms with Crippen LogP contribution in [0.3, 0.4) is 0 Å². The quantitative estimate of drug-likeness (QED) is 0.733. The van der Waals surface area contributed by atoms with E-state index in [2.05, 4.69) is 11.8 Å². The minimum absolute atomic E-state index is 0.342. The molecule has 3 heteroatoms. The van der Waals surface area contributed by atoms with Gasteiger partial charge in [0.2, 0.25) is 0 Å². The topological polar surface area (TPSA) is 40.5 Å². The molecule has 1 saturated carbocycles. The van der Waals surface area contributed by atoms with Crippen LogP contribution in [0.4, 0.5) is 0 Å². The van der Waals surface area contributed by atoms with Crippen LogP contribution >= 0.6 is 0 Å². The lowest BCUT2D eigenvalue weighted by molar-refractivity contribution is -0.137. The van der Waals surface area contributed by atoms with E-state index in [1.165, 1.54) is 71.0 Å². The van der Waals surface area contributed by atoms with Crippen LogP contribution < -0.4 is 0 Å². The van der Waals surface area contributed by atoms with Gasteiger partial charge in [0.15, 0.2) is 0 Å². The molecule has 0 aromatic carbocycles. The molecule has 1 saturated heterocycles. The third kappa shape index (κ3) is 4.47. The number of carboxylic acids is 1. The first-order valence-corrected chi connectivity index (χ1v) is 8.58. The second-order valence-corrected chi connectivity index (χ2v) is 7.15. The lowest BCUT2D eigenvalue weighted by atomic mass is 9.68. The number of hydrogen-bond acceptors (Lipinski definition) is 2. The normalized spacial score (nSPS) is 23.4. The van der Waals surface area contributed by atoms with Crippen LogP contribution in [0.25, 0.3) is 0 Å². The monoisotopic (exact) mass is 281 g/mol. The molecule has 0 aromatic rings. The van der Waals surface area contributed by atoms with Crippen LogP contribution in [0.5, 0.6) is 0 Å². The number of nitrogens with zero attached hydrogens (tertiary/aromatic N) is 1. The third-order valence-corrected chi connectivity index (χ3v) is 5.35. The Bertz CT molecular complexity index is 302. The predicted octanol–water partition coefficient (Wildman–Crippen LogP) is 3.92.